The lowest BCUT2D eigenvalue weighted by Crippen LogP contribution is -2.43. The fourth-order valence-corrected chi connectivity index (χ4v) is 5.50. The molecule has 1 saturated heterocycles. The molecule has 1 aliphatic carbocycles. The number of sulfonamides is 1. The van der Waals surface area contributed by atoms with Crippen molar-refractivity contribution in [2.45, 2.75) is 69.7 Å². The van der Waals surface area contributed by atoms with Crippen LogP contribution in [0.15, 0.2) is 5.03 Å². The smallest absolute Gasteiger partial charge is 0.258 e. The summed E-state index contributed by atoms with van der Waals surface area (Å²) in [6, 6.07) is -0.200. The average Bonchev–Trinajstić information content (AvgIpc) is 2.90. The zero-order chi connectivity index (χ0) is 16.1. The summed E-state index contributed by atoms with van der Waals surface area (Å²) in [5.41, 5.74) is 1.83. The van der Waals surface area contributed by atoms with Gasteiger partial charge in [0, 0.05) is 18.5 Å². The molecule has 0 aromatic carbocycles. The molecule has 1 N–H and O–H groups in total. The van der Waals surface area contributed by atoms with Gasteiger partial charge in [-0.05, 0) is 39.5 Å². The third-order valence-corrected chi connectivity index (χ3v) is 6.65. The molecule has 2 heterocycles. The van der Waals surface area contributed by atoms with E-state index >= 15 is 0 Å². The van der Waals surface area contributed by atoms with Gasteiger partial charge in [0.2, 0.25) is 0 Å². The second kappa shape index (κ2) is 5.62. The minimum atomic E-state index is -3.59. The second-order valence-electron chi connectivity index (χ2n) is 6.61. The zero-order valence-electron chi connectivity index (χ0n) is 13.7. The topological polar surface area (TPSA) is 73.2 Å². The van der Waals surface area contributed by atoms with Crippen LogP contribution in [0.3, 0.4) is 0 Å². The maximum Gasteiger partial charge on any atom is 0.258 e. The van der Waals surface area contributed by atoms with Gasteiger partial charge < -0.3 is 4.74 Å². The third kappa shape index (κ3) is 2.59. The summed E-state index contributed by atoms with van der Waals surface area (Å²) in [5, 5.41) is 4.75. The third-order valence-electron chi connectivity index (χ3n) is 5.05. The monoisotopic (exact) mass is 327 g/mol. The summed E-state index contributed by atoms with van der Waals surface area (Å²) in [6.07, 6.45) is 3.71. The highest BCUT2D eigenvalue weighted by molar-refractivity contribution is 7.89. The van der Waals surface area contributed by atoms with Crippen LogP contribution >= 0.6 is 0 Å². The molecule has 0 spiro atoms. The highest BCUT2D eigenvalue weighted by Crippen LogP contribution is 2.30. The lowest BCUT2D eigenvalue weighted by Gasteiger charge is -2.21. The SMILES string of the molecule is CC1OC(C)C(NS(=O)(=O)c2c3c(nn2C)CCCC3)C1C. The minimum Gasteiger partial charge on any atom is -0.374 e. The van der Waals surface area contributed by atoms with E-state index in [9.17, 15) is 8.42 Å². The van der Waals surface area contributed by atoms with E-state index < -0.39 is 10.0 Å². The maximum atomic E-state index is 12.9. The first-order valence-electron chi connectivity index (χ1n) is 8.04. The van der Waals surface area contributed by atoms with Gasteiger partial charge in [-0.1, -0.05) is 6.92 Å². The maximum absolute atomic E-state index is 12.9. The standard InChI is InChI=1S/C15H25N3O3S/c1-9-10(2)21-11(3)14(9)17-22(19,20)15-12-7-5-6-8-13(12)16-18(15)4/h9-11,14,17H,5-8H2,1-4H3. The van der Waals surface area contributed by atoms with Crippen LogP contribution in [0.25, 0.3) is 0 Å². The van der Waals surface area contributed by atoms with Crippen molar-refractivity contribution in [1.82, 2.24) is 14.5 Å². The molecule has 1 aliphatic heterocycles. The molecule has 7 heteroatoms. The number of fused-ring (bicyclic) bond motifs is 1. The Balaban J connectivity index is 1.93. The van der Waals surface area contributed by atoms with Crippen LogP contribution in [-0.2, 0) is 34.6 Å². The van der Waals surface area contributed by atoms with Crippen LogP contribution in [0.1, 0.15) is 44.9 Å². The minimum absolute atomic E-state index is 0.0585. The molecular weight excluding hydrogens is 302 g/mol. The van der Waals surface area contributed by atoms with Gasteiger partial charge in [-0.25, -0.2) is 13.1 Å². The Morgan fingerprint density at radius 1 is 1.18 bits per heavy atom. The zero-order valence-corrected chi connectivity index (χ0v) is 14.5. The van der Waals surface area contributed by atoms with E-state index in [-0.39, 0.29) is 24.2 Å². The summed E-state index contributed by atoms with van der Waals surface area (Å²) in [5.74, 6) is 0.147. The molecule has 22 heavy (non-hydrogen) atoms. The van der Waals surface area contributed by atoms with Crippen LogP contribution in [0, 0.1) is 5.92 Å². The molecule has 2 aliphatic rings. The molecule has 0 amide bonds. The van der Waals surface area contributed by atoms with Crippen LogP contribution in [-0.4, -0.2) is 36.4 Å². The molecule has 1 aromatic rings. The Morgan fingerprint density at radius 2 is 1.86 bits per heavy atom. The van der Waals surface area contributed by atoms with Crippen LogP contribution in [0.4, 0.5) is 0 Å². The number of ether oxygens (including phenoxy) is 1. The van der Waals surface area contributed by atoms with Gasteiger partial charge in [0.25, 0.3) is 10.0 Å². The Labute approximate surface area is 132 Å². The average molecular weight is 327 g/mol. The predicted molar refractivity (Wildman–Crippen MR) is 83.1 cm³/mol. The van der Waals surface area contributed by atoms with Gasteiger partial charge in [0.05, 0.1) is 23.9 Å². The van der Waals surface area contributed by atoms with Crippen molar-refractivity contribution in [3.63, 3.8) is 0 Å². The molecule has 0 saturated carbocycles. The van der Waals surface area contributed by atoms with E-state index in [0.29, 0.717) is 5.03 Å². The number of hydrogen-bond donors (Lipinski definition) is 1. The summed E-state index contributed by atoms with van der Waals surface area (Å²) in [4.78, 5) is 0. The predicted octanol–water partition coefficient (Wildman–Crippen LogP) is 1.39. The van der Waals surface area contributed by atoms with Gasteiger partial charge in [0.15, 0.2) is 5.03 Å². The summed E-state index contributed by atoms with van der Waals surface area (Å²) < 4.78 is 36.0. The fraction of sp³-hybridized carbons (Fsp3) is 0.800. The first kappa shape index (κ1) is 16.0. The van der Waals surface area contributed by atoms with E-state index in [1.54, 1.807) is 7.05 Å². The normalized spacial score (nSPS) is 32.2. The number of nitrogens with one attached hydrogen (secondary N) is 1. The number of hydrogen-bond acceptors (Lipinski definition) is 4. The quantitative estimate of drug-likeness (QED) is 0.910. The van der Waals surface area contributed by atoms with Crippen molar-refractivity contribution >= 4 is 10.0 Å². The van der Waals surface area contributed by atoms with Crippen molar-refractivity contribution in [3.8, 4) is 0 Å². The van der Waals surface area contributed by atoms with Crippen molar-refractivity contribution in [3.05, 3.63) is 11.3 Å². The molecule has 1 aromatic heterocycles. The summed E-state index contributed by atoms with van der Waals surface area (Å²) >= 11 is 0. The summed E-state index contributed by atoms with van der Waals surface area (Å²) in [6.45, 7) is 5.94. The Hall–Kier alpha value is -0.920. The van der Waals surface area contributed by atoms with Crippen molar-refractivity contribution in [1.29, 1.82) is 0 Å². The molecule has 6 nitrogen and oxygen atoms in total. The Kier molecular flexibility index (Phi) is 4.07. The van der Waals surface area contributed by atoms with Gasteiger partial charge in [-0.15, -0.1) is 0 Å². The molecule has 0 radical (unpaired) electrons. The fourth-order valence-electron chi connectivity index (χ4n) is 3.69. The van der Waals surface area contributed by atoms with E-state index in [1.165, 1.54) is 4.68 Å². The second-order valence-corrected chi connectivity index (χ2v) is 8.24. The number of aryl methyl sites for hydroxylation is 2. The van der Waals surface area contributed by atoms with Gasteiger partial charge in [0.1, 0.15) is 0 Å². The molecule has 4 unspecified atom stereocenters. The largest absolute Gasteiger partial charge is 0.374 e. The van der Waals surface area contributed by atoms with E-state index in [0.717, 1.165) is 36.9 Å². The lowest BCUT2D eigenvalue weighted by molar-refractivity contribution is 0.0552. The molecular formula is C15H25N3O3S. The van der Waals surface area contributed by atoms with Gasteiger partial charge >= 0.3 is 0 Å². The van der Waals surface area contributed by atoms with Crippen molar-refractivity contribution < 1.29 is 13.2 Å². The molecule has 124 valence electrons. The van der Waals surface area contributed by atoms with Crippen LogP contribution in [0.2, 0.25) is 0 Å². The number of nitrogens with zero attached hydrogens (tertiary/aromatic N) is 2. The van der Waals surface area contributed by atoms with E-state index in [4.69, 9.17) is 4.74 Å². The van der Waals surface area contributed by atoms with E-state index in [1.807, 2.05) is 20.8 Å². The number of rotatable bonds is 3. The van der Waals surface area contributed by atoms with Crippen molar-refractivity contribution in [2.75, 3.05) is 0 Å². The van der Waals surface area contributed by atoms with Crippen LogP contribution < -0.4 is 4.72 Å². The number of aromatic nitrogens is 2. The van der Waals surface area contributed by atoms with Crippen molar-refractivity contribution in [2.24, 2.45) is 13.0 Å². The van der Waals surface area contributed by atoms with Gasteiger partial charge in [-0.3, -0.25) is 4.68 Å². The van der Waals surface area contributed by atoms with Crippen LogP contribution in [0.5, 0.6) is 0 Å². The molecule has 0 bridgehead atoms. The first-order valence-corrected chi connectivity index (χ1v) is 9.52. The highest BCUT2D eigenvalue weighted by Gasteiger charge is 2.41. The van der Waals surface area contributed by atoms with E-state index in [2.05, 4.69) is 9.82 Å². The Bertz CT molecular complexity index is 668. The highest BCUT2D eigenvalue weighted by atomic mass is 32.2. The molecule has 3 rings (SSSR count). The summed E-state index contributed by atoms with van der Waals surface area (Å²) in [7, 11) is -1.88. The lowest BCUT2D eigenvalue weighted by atomic mass is 9.98. The Morgan fingerprint density at radius 3 is 2.50 bits per heavy atom. The first-order chi connectivity index (χ1) is 10.3. The molecule has 1 fully saturated rings. The van der Waals surface area contributed by atoms with Gasteiger partial charge in [-0.2, -0.15) is 5.10 Å². The molecule has 4 atom stereocenters.